The van der Waals surface area contributed by atoms with Crippen LogP contribution >= 0.6 is 22.9 Å². The van der Waals surface area contributed by atoms with E-state index >= 15 is 0 Å². The van der Waals surface area contributed by atoms with Gasteiger partial charge in [0.2, 0.25) is 5.91 Å². The van der Waals surface area contributed by atoms with Crippen LogP contribution in [0.1, 0.15) is 41.0 Å². The predicted octanol–water partition coefficient (Wildman–Crippen LogP) is 3.59. The number of carbonyl (C=O) groups excluding carboxylic acids is 1. The molecule has 26 heavy (non-hydrogen) atoms. The number of fused-ring (bicyclic) bond motifs is 1. The van der Waals surface area contributed by atoms with Gasteiger partial charge in [-0.05, 0) is 43.1 Å². The molecule has 1 aliphatic rings. The zero-order chi connectivity index (χ0) is 18.8. The van der Waals surface area contributed by atoms with Gasteiger partial charge in [0.25, 0.3) is 0 Å². The third-order valence-electron chi connectivity index (χ3n) is 4.37. The number of thiophene rings is 1. The van der Waals surface area contributed by atoms with E-state index in [1.54, 1.807) is 6.92 Å². The summed E-state index contributed by atoms with van der Waals surface area (Å²) in [5, 5.41) is 27.4. The Bertz CT molecular complexity index is 927. The second-order valence-electron chi connectivity index (χ2n) is 6.07. The van der Waals surface area contributed by atoms with Crippen molar-refractivity contribution in [1.29, 1.82) is 5.26 Å². The van der Waals surface area contributed by atoms with Crippen LogP contribution in [0, 0.1) is 28.4 Å². The van der Waals surface area contributed by atoms with Crippen molar-refractivity contribution in [3.63, 3.8) is 0 Å². The molecule has 1 amide bonds. The third-order valence-corrected chi connectivity index (χ3v) is 6.02. The van der Waals surface area contributed by atoms with Crippen molar-refractivity contribution in [2.24, 2.45) is 0 Å². The largest absolute Gasteiger partial charge is 0.408 e. The van der Waals surface area contributed by atoms with Gasteiger partial charge in [-0.3, -0.25) is 4.79 Å². The molecule has 10 heteroatoms. The maximum absolute atomic E-state index is 12.4. The Morgan fingerprint density at radius 3 is 2.85 bits per heavy atom. The van der Waals surface area contributed by atoms with Crippen LogP contribution < -0.4 is 5.32 Å². The molecule has 0 fully saturated rings. The number of aromatic nitrogens is 2. The molecule has 1 N–H and O–H groups in total. The lowest BCUT2D eigenvalue weighted by Gasteiger charge is -2.03. The van der Waals surface area contributed by atoms with Crippen molar-refractivity contribution >= 4 is 39.7 Å². The summed E-state index contributed by atoms with van der Waals surface area (Å²) in [7, 11) is 0. The highest BCUT2D eigenvalue weighted by molar-refractivity contribution is 7.16. The molecule has 0 aliphatic heterocycles. The Hall–Kier alpha value is -2.44. The number of nitrogens with one attached hydrogen (secondary N) is 1. The van der Waals surface area contributed by atoms with E-state index in [1.807, 2.05) is 0 Å². The van der Waals surface area contributed by atoms with Crippen molar-refractivity contribution in [3.8, 4) is 6.07 Å². The summed E-state index contributed by atoms with van der Waals surface area (Å²) >= 11 is 7.32. The van der Waals surface area contributed by atoms with Gasteiger partial charge in [-0.15, -0.1) is 11.3 Å². The van der Waals surface area contributed by atoms with E-state index in [2.05, 4.69) is 16.5 Å². The Morgan fingerprint density at radius 1 is 1.46 bits per heavy atom. The number of aryl methyl sites for hydroxylation is 1. The van der Waals surface area contributed by atoms with E-state index in [9.17, 15) is 20.2 Å². The van der Waals surface area contributed by atoms with E-state index < -0.39 is 16.6 Å². The number of nitro groups is 1. The van der Waals surface area contributed by atoms with Crippen LogP contribution in [0.5, 0.6) is 0 Å². The SMILES string of the molecule is Cc1c(Cl)c([N+](=O)[O-])nn1CC(=O)Nc1sc2c(c1C#N)CCCCC2. The highest BCUT2D eigenvalue weighted by Gasteiger charge is 2.26. The highest BCUT2D eigenvalue weighted by atomic mass is 35.5. The summed E-state index contributed by atoms with van der Waals surface area (Å²) in [5.74, 6) is -0.882. The molecule has 0 spiro atoms. The first-order valence-corrected chi connectivity index (χ1v) is 9.33. The lowest BCUT2D eigenvalue weighted by Crippen LogP contribution is -2.20. The quantitative estimate of drug-likeness (QED) is 0.484. The number of hydrogen-bond acceptors (Lipinski definition) is 6. The van der Waals surface area contributed by atoms with Crippen LogP contribution in [-0.4, -0.2) is 20.6 Å². The van der Waals surface area contributed by atoms with Gasteiger partial charge in [0.05, 0.1) is 16.4 Å². The van der Waals surface area contributed by atoms with Gasteiger partial charge >= 0.3 is 5.82 Å². The topological polar surface area (TPSA) is 114 Å². The molecule has 0 saturated heterocycles. The van der Waals surface area contributed by atoms with Crippen molar-refractivity contribution in [2.75, 3.05) is 5.32 Å². The van der Waals surface area contributed by atoms with Crippen molar-refractivity contribution in [2.45, 2.75) is 45.6 Å². The summed E-state index contributed by atoms with van der Waals surface area (Å²) < 4.78 is 1.19. The Balaban J connectivity index is 1.80. The molecule has 8 nitrogen and oxygen atoms in total. The van der Waals surface area contributed by atoms with E-state index in [-0.39, 0.29) is 11.6 Å². The van der Waals surface area contributed by atoms with Crippen LogP contribution in [0.15, 0.2) is 0 Å². The summed E-state index contributed by atoms with van der Waals surface area (Å²) in [5.41, 5.74) is 1.91. The minimum absolute atomic E-state index is 0.0802. The summed E-state index contributed by atoms with van der Waals surface area (Å²) in [6, 6.07) is 2.20. The smallest absolute Gasteiger partial charge is 0.358 e. The van der Waals surface area contributed by atoms with Crippen LogP contribution in [-0.2, 0) is 24.2 Å². The van der Waals surface area contributed by atoms with Crippen molar-refractivity contribution in [1.82, 2.24) is 9.78 Å². The molecule has 0 bridgehead atoms. The van der Waals surface area contributed by atoms with Gasteiger partial charge in [-0.25, -0.2) is 0 Å². The minimum atomic E-state index is -0.687. The zero-order valence-corrected chi connectivity index (χ0v) is 15.6. The molecule has 0 radical (unpaired) electrons. The van der Waals surface area contributed by atoms with E-state index in [4.69, 9.17) is 11.6 Å². The molecule has 3 rings (SSSR count). The predicted molar refractivity (Wildman–Crippen MR) is 97.6 cm³/mol. The molecule has 0 saturated carbocycles. The molecule has 0 aromatic carbocycles. The number of halogens is 1. The summed E-state index contributed by atoms with van der Waals surface area (Å²) in [4.78, 5) is 23.8. The Kier molecular flexibility index (Phi) is 5.25. The number of nitriles is 1. The molecule has 0 unspecified atom stereocenters. The van der Waals surface area contributed by atoms with Crippen LogP contribution in [0.2, 0.25) is 5.02 Å². The van der Waals surface area contributed by atoms with Crippen LogP contribution in [0.4, 0.5) is 10.8 Å². The Labute approximate surface area is 158 Å². The van der Waals surface area contributed by atoms with Crippen LogP contribution in [0.3, 0.4) is 0 Å². The number of hydrogen-bond donors (Lipinski definition) is 1. The van der Waals surface area contributed by atoms with Gasteiger partial charge in [0, 0.05) is 4.88 Å². The standard InChI is InChI=1S/C16H16ClN5O3S/c1-9-14(17)15(22(24)25)20-21(9)8-13(23)19-16-11(7-18)10-5-3-2-4-6-12(10)26-16/h2-6,8H2,1H3,(H,19,23). The first-order chi connectivity index (χ1) is 12.4. The minimum Gasteiger partial charge on any atom is -0.358 e. The molecule has 136 valence electrons. The van der Waals surface area contributed by atoms with E-state index in [1.165, 1.54) is 16.0 Å². The van der Waals surface area contributed by atoms with Crippen molar-refractivity contribution in [3.05, 3.63) is 36.8 Å². The first-order valence-electron chi connectivity index (χ1n) is 8.14. The lowest BCUT2D eigenvalue weighted by molar-refractivity contribution is -0.389. The fourth-order valence-electron chi connectivity index (χ4n) is 3.03. The molecule has 0 atom stereocenters. The number of anilines is 1. The monoisotopic (exact) mass is 393 g/mol. The fourth-order valence-corrected chi connectivity index (χ4v) is 4.49. The highest BCUT2D eigenvalue weighted by Crippen LogP contribution is 2.37. The number of nitrogens with zero attached hydrogens (tertiary/aromatic N) is 4. The fraction of sp³-hybridized carbons (Fsp3) is 0.438. The average Bonchev–Trinajstić information content (AvgIpc) is 2.94. The van der Waals surface area contributed by atoms with E-state index in [0.717, 1.165) is 42.5 Å². The molecular weight excluding hydrogens is 378 g/mol. The number of amides is 1. The van der Waals surface area contributed by atoms with Gasteiger partial charge in [0.1, 0.15) is 17.6 Å². The lowest BCUT2D eigenvalue weighted by atomic mass is 10.1. The number of carbonyl (C=O) groups is 1. The molecule has 2 aromatic rings. The number of rotatable bonds is 4. The zero-order valence-electron chi connectivity index (χ0n) is 14.0. The maximum atomic E-state index is 12.4. The second-order valence-corrected chi connectivity index (χ2v) is 7.55. The molecular formula is C16H16ClN5O3S. The van der Waals surface area contributed by atoms with Crippen LogP contribution in [0.25, 0.3) is 0 Å². The summed E-state index contributed by atoms with van der Waals surface area (Å²) in [6.45, 7) is 1.34. The Morgan fingerprint density at radius 2 is 2.19 bits per heavy atom. The van der Waals surface area contributed by atoms with Crippen molar-refractivity contribution < 1.29 is 9.72 Å². The van der Waals surface area contributed by atoms with Gasteiger partial charge in [-0.2, -0.15) is 9.94 Å². The molecule has 1 aliphatic carbocycles. The second kappa shape index (κ2) is 7.43. The van der Waals surface area contributed by atoms with E-state index in [0.29, 0.717) is 16.3 Å². The van der Waals surface area contributed by atoms with Gasteiger partial charge in [-0.1, -0.05) is 18.0 Å². The van der Waals surface area contributed by atoms with Gasteiger partial charge in [0.15, 0.2) is 5.02 Å². The average molecular weight is 394 g/mol. The first kappa shape index (κ1) is 18.4. The van der Waals surface area contributed by atoms with Gasteiger partial charge < -0.3 is 15.4 Å². The molecule has 2 aromatic heterocycles. The third kappa shape index (κ3) is 3.43. The molecule has 2 heterocycles. The normalized spacial score (nSPS) is 13.6. The summed E-state index contributed by atoms with van der Waals surface area (Å²) in [6.07, 6.45) is 5.04. The maximum Gasteiger partial charge on any atom is 0.408 e.